The minimum atomic E-state index is -0.00540. The number of halogens is 1. The van der Waals surface area contributed by atoms with Crippen molar-refractivity contribution in [1.82, 2.24) is 4.98 Å². The van der Waals surface area contributed by atoms with E-state index in [-0.39, 0.29) is 5.78 Å². The molecule has 0 spiro atoms. The number of aromatic nitrogens is 1. The van der Waals surface area contributed by atoms with E-state index in [0.29, 0.717) is 16.3 Å². The topological polar surface area (TPSA) is 32.9 Å². The quantitative estimate of drug-likeness (QED) is 0.773. The van der Waals surface area contributed by atoms with Crippen LogP contribution in [-0.4, -0.2) is 10.8 Å². The van der Waals surface area contributed by atoms with Crippen molar-refractivity contribution in [2.45, 2.75) is 6.92 Å². The molecule has 0 saturated heterocycles. The molecule has 0 radical (unpaired) electrons. The van der Waals surface area contributed by atoms with Gasteiger partial charge in [-0.3, -0.25) is 4.79 Å². The third-order valence-corrected chi connectivity index (χ3v) is 2.51. The molecule has 1 aromatic heterocycles. The highest BCUT2D eigenvalue weighted by Gasteiger charge is 2.11. The Morgan fingerprint density at radius 1 is 1.33 bits per heavy atom. The Balaban J connectivity index is 2.42. The van der Waals surface area contributed by atoms with Crippen LogP contribution in [0.3, 0.4) is 0 Å². The van der Waals surface area contributed by atoms with Crippen molar-refractivity contribution in [3.05, 3.63) is 58.4 Å². The van der Waals surface area contributed by atoms with E-state index < -0.39 is 0 Å². The highest BCUT2D eigenvalue weighted by atomic mass is 35.5. The molecular formula is C12H10ClNO. The number of nitrogens with one attached hydrogen (secondary N) is 1. The van der Waals surface area contributed by atoms with Gasteiger partial charge < -0.3 is 4.98 Å². The first-order chi connectivity index (χ1) is 7.18. The second-order valence-corrected chi connectivity index (χ2v) is 3.81. The van der Waals surface area contributed by atoms with E-state index in [9.17, 15) is 4.79 Å². The molecule has 0 amide bonds. The maximum absolute atomic E-state index is 12.0. The van der Waals surface area contributed by atoms with Gasteiger partial charge in [-0.25, -0.2) is 0 Å². The zero-order valence-corrected chi connectivity index (χ0v) is 9.01. The molecule has 0 aliphatic carbocycles. The van der Waals surface area contributed by atoms with Crippen LogP contribution in [-0.2, 0) is 0 Å². The summed E-state index contributed by atoms with van der Waals surface area (Å²) in [6, 6.07) is 8.83. The van der Waals surface area contributed by atoms with Gasteiger partial charge in [0.15, 0.2) is 0 Å². The Morgan fingerprint density at radius 3 is 2.73 bits per heavy atom. The molecule has 2 rings (SSSR count). The van der Waals surface area contributed by atoms with Crippen LogP contribution in [0.15, 0.2) is 36.5 Å². The monoisotopic (exact) mass is 219 g/mol. The number of aromatic amines is 1. The first-order valence-corrected chi connectivity index (χ1v) is 5.00. The predicted molar refractivity (Wildman–Crippen MR) is 60.4 cm³/mol. The summed E-state index contributed by atoms with van der Waals surface area (Å²) < 4.78 is 0. The first kappa shape index (κ1) is 9.99. The normalized spacial score (nSPS) is 10.3. The number of carbonyl (C=O) groups excluding carboxylic acids is 1. The molecule has 1 N–H and O–H groups in total. The predicted octanol–water partition coefficient (Wildman–Crippen LogP) is 3.21. The average Bonchev–Trinajstić information content (AvgIpc) is 2.69. The number of benzene rings is 1. The summed E-state index contributed by atoms with van der Waals surface area (Å²) in [5.41, 5.74) is 2.17. The highest BCUT2D eigenvalue weighted by molar-refractivity contribution is 6.30. The average molecular weight is 220 g/mol. The van der Waals surface area contributed by atoms with Crippen LogP contribution in [0.5, 0.6) is 0 Å². The maximum atomic E-state index is 12.0. The van der Waals surface area contributed by atoms with Crippen LogP contribution in [0.4, 0.5) is 0 Å². The number of aryl methyl sites for hydroxylation is 1. The van der Waals surface area contributed by atoms with Crippen molar-refractivity contribution in [2.24, 2.45) is 0 Å². The minimum absolute atomic E-state index is 0.00540. The van der Waals surface area contributed by atoms with Gasteiger partial charge in [0.1, 0.15) is 0 Å². The number of ketones is 1. The van der Waals surface area contributed by atoms with Crippen LogP contribution in [0.2, 0.25) is 5.02 Å². The summed E-state index contributed by atoms with van der Waals surface area (Å²) in [6.07, 6.45) is 1.73. The van der Waals surface area contributed by atoms with Gasteiger partial charge in [-0.2, -0.15) is 0 Å². The lowest BCUT2D eigenvalue weighted by molar-refractivity contribution is 0.103. The van der Waals surface area contributed by atoms with Gasteiger partial charge in [-0.1, -0.05) is 11.6 Å². The van der Waals surface area contributed by atoms with Crippen molar-refractivity contribution in [3.8, 4) is 0 Å². The van der Waals surface area contributed by atoms with Crippen LogP contribution in [0.25, 0.3) is 0 Å². The molecule has 15 heavy (non-hydrogen) atoms. The number of H-pyrrole nitrogens is 1. The smallest absolute Gasteiger partial charge is 0.209 e. The van der Waals surface area contributed by atoms with E-state index in [2.05, 4.69) is 4.98 Å². The molecule has 2 nitrogen and oxygen atoms in total. The molecule has 2 aromatic rings. The van der Waals surface area contributed by atoms with Crippen molar-refractivity contribution >= 4 is 17.4 Å². The fraction of sp³-hybridized carbons (Fsp3) is 0.0833. The fourth-order valence-electron chi connectivity index (χ4n) is 1.50. The lowest BCUT2D eigenvalue weighted by atomic mass is 10.0. The zero-order chi connectivity index (χ0) is 10.8. The van der Waals surface area contributed by atoms with Crippen LogP contribution in [0.1, 0.15) is 21.6 Å². The molecule has 1 heterocycles. The molecule has 0 aliphatic heterocycles. The molecule has 76 valence electrons. The summed E-state index contributed by atoms with van der Waals surface area (Å²) in [6.45, 7) is 1.88. The number of hydrogen-bond acceptors (Lipinski definition) is 1. The molecule has 0 saturated carbocycles. The number of carbonyl (C=O) groups is 1. The van der Waals surface area contributed by atoms with Crippen molar-refractivity contribution in [3.63, 3.8) is 0 Å². The molecule has 0 unspecified atom stereocenters. The highest BCUT2D eigenvalue weighted by Crippen LogP contribution is 2.17. The maximum Gasteiger partial charge on any atom is 0.209 e. The van der Waals surface area contributed by atoms with E-state index in [1.807, 2.05) is 6.92 Å². The molecule has 1 aromatic carbocycles. The van der Waals surface area contributed by atoms with Crippen LogP contribution < -0.4 is 0 Å². The third kappa shape index (κ3) is 1.95. The molecule has 0 bridgehead atoms. The van der Waals surface area contributed by atoms with E-state index >= 15 is 0 Å². The summed E-state index contributed by atoms with van der Waals surface area (Å²) in [4.78, 5) is 14.9. The molecule has 0 atom stereocenters. The SMILES string of the molecule is Cc1cc(Cl)ccc1C(=O)c1ccc[nH]1. The van der Waals surface area contributed by atoms with Gasteiger partial charge in [-0.05, 0) is 42.8 Å². The Kier molecular flexibility index (Phi) is 2.60. The Labute approximate surface area is 92.9 Å². The standard InChI is InChI=1S/C12H10ClNO/c1-8-7-9(13)4-5-10(8)12(15)11-3-2-6-14-11/h2-7,14H,1H3. The Morgan fingerprint density at radius 2 is 2.13 bits per heavy atom. The second kappa shape index (κ2) is 3.91. The summed E-state index contributed by atoms with van der Waals surface area (Å²) >= 11 is 5.83. The largest absolute Gasteiger partial charge is 0.359 e. The summed E-state index contributed by atoms with van der Waals surface area (Å²) in [5, 5.41) is 0.649. The van der Waals surface area contributed by atoms with Gasteiger partial charge in [0.25, 0.3) is 0 Å². The van der Waals surface area contributed by atoms with Crippen molar-refractivity contribution in [1.29, 1.82) is 0 Å². The summed E-state index contributed by atoms with van der Waals surface area (Å²) in [5.74, 6) is -0.00540. The zero-order valence-electron chi connectivity index (χ0n) is 8.25. The second-order valence-electron chi connectivity index (χ2n) is 3.37. The first-order valence-electron chi connectivity index (χ1n) is 4.63. The number of rotatable bonds is 2. The van der Waals surface area contributed by atoms with E-state index in [0.717, 1.165) is 5.56 Å². The number of hydrogen-bond donors (Lipinski definition) is 1. The lowest BCUT2D eigenvalue weighted by Gasteiger charge is -2.03. The lowest BCUT2D eigenvalue weighted by Crippen LogP contribution is -2.03. The van der Waals surface area contributed by atoms with Gasteiger partial charge in [-0.15, -0.1) is 0 Å². The van der Waals surface area contributed by atoms with E-state index in [4.69, 9.17) is 11.6 Å². The Hall–Kier alpha value is -1.54. The van der Waals surface area contributed by atoms with Crippen molar-refractivity contribution in [2.75, 3.05) is 0 Å². The molecular weight excluding hydrogens is 210 g/mol. The Bertz CT molecular complexity index is 488. The van der Waals surface area contributed by atoms with Crippen molar-refractivity contribution < 1.29 is 4.79 Å². The van der Waals surface area contributed by atoms with Gasteiger partial charge in [0.05, 0.1) is 5.69 Å². The van der Waals surface area contributed by atoms with Gasteiger partial charge in [0.2, 0.25) is 5.78 Å². The molecule has 3 heteroatoms. The molecule has 0 aliphatic rings. The van der Waals surface area contributed by atoms with E-state index in [1.54, 1.807) is 36.5 Å². The van der Waals surface area contributed by atoms with E-state index in [1.165, 1.54) is 0 Å². The third-order valence-electron chi connectivity index (χ3n) is 2.28. The molecule has 0 fully saturated rings. The summed E-state index contributed by atoms with van der Waals surface area (Å²) in [7, 11) is 0. The van der Waals surface area contributed by atoms with Crippen LogP contribution in [0, 0.1) is 6.92 Å². The fourth-order valence-corrected chi connectivity index (χ4v) is 1.73. The van der Waals surface area contributed by atoms with Gasteiger partial charge in [0, 0.05) is 16.8 Å². The minimum Gasteiger partial charge on any atom is -0.359 e. The van der Waals surface area contributed by atoms with Crippen LogP contribution >= 0.6 is 11.6 Å². The van der Waals surface area contributed by atoms with Gasteiger partial charge >= 0.3 is 0 Å².